The number of aryl methyl sites for hydroxylation is 1. The van der Waals surface area contributed by atoms with E-state index >= 15 is 0 Å². The Bertz CT molecular complexity index is 836. The van der Waals surface area contributed by atoms with Crippen molar-refractivity contribution in [1.82, 2.24) is 4.31 Å². The third-order valence-electron chi connectivity index (χ3n) is 4.59. The highest BCUT2D eigenvalue weighted by molar-refractivity contribution is 7.89. The van der Waals surface area contributed by atoms with Crippen LogP contribution in [0.25, 0.3) is 0 Å². The van der Waals surface area contributed by atoms with E-state index < -0.39 is 21.7 Å². The molecule has 0 aromatic heterocycles. The van der Waals surface area contributed by atoms with Crippen molar-refractivity contribution in [2.45, 2.75) is 12.8 Å². The minimum atomic E-state index is -3.32. The first-order valence-corrected chi connectivity index (χ1v) is 10.3. The van der Waals surface area contributed by atoms with E-state index in [4.69, 9.17) is 0 Å². The number of nitrogens with zero attached hydrogens (tertiary/aromatic N) is 2. The fourth-order valence-electron chi connectivity index (χ4n) is 3.18. The van der Waals surface area contributed by atoms with Gasteiger partial charge in [0.2, 0.25) is 10.0 Å². The molecular formula is C19H22F2N2O2S. The molecule has 0 aliphatic carbocycles. The van der Waals surface area contributed by atoms with Crippen LogP contribution in [0.2, 0.25) is 0 Å². The van der Waals surface area contributed by atoms with E-state index in [1.807, 2.05) is 30.3 Å². The summed E-state index contributed by atoms with van der Waals surface area (Å²) in [5.74, 6) is -1.14. The first-order valence-electron chi connectivity index (χ1n) is 8.67. The molecule has 0 unspecified atom stereocenters. The predicted molar refractivity (Wildman–Crippen MR) is 98.7 cm³/mol. The van der Waals surface area contributed by atoms with Crippen molar-refractivity contribution in [2.24, 2.45) is 0 Å². The van der Waals surface area contributed by atoms with Gasteiger partial charge in [0, 0.05) is 32.2 Å². The Morgan fingerprint density at radius 1 is 0.923 bits per heavy atom. The first kappa shape index (κ1) is 18.8. The molecule has 1 aliphatic rings. The second-order valence-electron chi connectivity index (χ2n) is 6.39. The summed E-state index contributed by atoms with van der Waals surface area (Å²) < 4.78 is 53.4. The predicted octanol–water partition coefficient (Wildman–Crippen LogP) is 3.05. The van der Waals surface area contributed by atoms with Gasteiger partial charge in [-0.3, -0.25) is 0 Å². The molecular weight excluding hydrogens is 358 g/mol. The van der Waals surface area contributed by atoms with Crippen LogP contribution < -0.4 is 4.90 Å². The molecule has 0 saturated carbocycles. The fourth-order valence-corrected chi connectivity index (χ4v) is 4.66. The molecule has 0 bridgehead atoms. The molecule has 2 aromatic rings. The highest BCUT2D eigenvalue weighted by atomic mass is 32.2. The molecule has 0 N–H and O–H groups in total. The van der Waals surface area contributed by atoms with Crippen LogP contribution in [-0.2, 0) is 16.4 Å². The Balaban J connectivity index is 1.53. The number of piperazine rings is 1. The van der Waals surface area contributed by atoms with Gasteiger partial charge >= 0.3 is 0 Å². The summed E-state index contributed by atoms with van der Waals surface area (Å²) in [5.41, 5.74) is 1.44. The Morgan fingerprint density at radius 3 is 2.27 bits per heavy atom. The van der Waals surface area contributed by atoms with Crippen LogP contribution in [0.5, 0.6) is 0 Å². The summed E-state index contributed by atoms with van der Waals surface area (Å²) in [4.78, 5) is 1.75. The quantitative estimate of drug-likeness (QED) is 0.773. The van der Waals surface area contributed by atoms with Crippen LogP contribution in [0.3, 0.4) is 0 Å². The molecule has 0 atom stereocenters. The van der Waals surface area contributed by atoms with Crippen molar-refractivity contribution < 1.29 is 17.2 Å². The normalized spacial score (nSPS) is 16.0. The number of rotatable bonds is 6. The zero-order valence-electron chi connectivity index (χ0n) is 14.4. The van der Waals surface area contributed by atoms with Crippen LogP contribution in [0, 0.1) is 11.6 Å². The maximum Gasteiger partial charge on any atom is 0.214 e. The molecule has 140 valence electrons. The zero-order chi connectivity index (χ0) is 18.6. The molecule has 0 radical (unpaired) electrons. The van der Waals surface area contributed by atoms with Gasteiger partial charge in [0.25, 0.3) is 0 Å². The smallest absolute Gasteiger partial charge is 0.214 e. The van der Waals surface area contributed by atoms with Crippen molar-refractivity contribution in [2.75, 3.05) is 36.8 Å². The van der Waals surface area contributed by atoms with E-state index in [9.17, 15) is 17.2 Å². The lowest BCUT2D eigenvalue weighted by atomic mass is 10.1. The van der Waals surface area contributed by atoms with E-state index in [1.165, 1.54) is 16.4 Å². The molecule has 0 amide bonds. The average Bonchev–Trinajstić information content (AvgIpc) is 2.63. The number of benzene rings is 2. The molecule has 7 heteroatoms. The van der Waals surface area contributed by atoms with Gasteiger partial charge < -0.3 is 4.90 Å². The van der Waals surface area contributed by atoms with Crippen molar-refractivity contribution in [1.29, 1.82) is 0 Å². The van der Waals surface area contributed by atoms with Crippen molar-refractivity contribution in [3.8, 4) is 0 Å². The van der Waals surface area contributed by atoms with Gasteiger partial charge in [-0.15, -0.1) is 0 Å². The van der Waals surface area contributed by atoms with Crippen LogP contribution in [0.1, 0.15) is 12.0 Å². The minimum absolute atomic E-state index is 0.104. The molecule has 4 nitrogen and oxygen atoms in total. The lowest BCUT2D eigenvalue weighted by Gasteiger charge is -2.35. The van der Waals surface area contributed by atoms with Gasteiger partial charge in [0.15, 0.2) is 0 Å². The summed E-state index contributed by atoms with van der Waals surface area (Å²) in [6.45, 7) is 1.40. The van der Waals surface area contributed by atoms with Gasteiger partial charge in [0.05, 0.1) is 11.4 Å². The molecule has 26 heavy (non-hydrogen) atoms. The summed E-state index contributed by atoms with van der Waals surface area (Å²) in [5, 5.41) is 0. The summed E-state index contributed by atoms with van der Waals surface area (Å²) in [7, 11) is -3.32. The Labute approximate surface area is 153 Å². The Morgan fingerprint density at radius 2 is 1.62 bits per heavy atom. The highest BCUT2D eigenvalue weighted by Crippen LogP contribution is 2.22. The number of anilines is 1. The molecule has 1 fully saturated rings. The molecule has 0 spiro atoms. The van der Waals surface area contributed by atoms with Gasteiger partial charge in [-0.1, -0.05) is 30.3 Å². The fraction of sp³-hybridized carbons (Fsp3) is 0.368. The first-order chi connectivity index (χ1) is 12.5. The van der Waals surface area contributed by atoms with Gasteiger partial charge in [-0.25, -0.2) is 17.2 Å². The van der Waals surface area contributed by atoms with Crippen LogP contribution >= 0.6 is 0 Å². The van der Waals surface area contributed by atoms with Crippen LogP contribution in [0.15, 0.2) is 48.5 Å². The number of hydrogen-bond donors (Lipinski definition) is 0. The van der Waals surface area contributed by atoms with Crippen molar-refractivity contribution >= 4 is 15.7 Å². The topological polar surface area (TPSA) is 40.6 Å². The van der Waals surface area contributed by atoms with Crippen LogP contribution in [0.4, 0.5) is 14.5 Å². The van der Waals surface area contributed by atoms with Crippen LogP contribution in [-0.4, -0.2) is 44.7 Å². The van der Waals surface area contributed by atoms with E-state index in [-0.39, 0.29) is 5.75 Å². The summed E-state index contributed by atoms with van der Waals surface area (Å²) >= 11 is 0. The highest BCUT2D eigenvalue weighted by Gasteiger charge is 2.27. The second kappa shape index (κ2) is 8.14. The van der Waals surface area contributed by atoms with Gasteiger partial charge in [-0.2, -0.15) is 4.31 Å². The maximum absolute atomic E-state index is 13.9. The van der Waals surface area contributed by atoms with E-state index in [1.54, 1.807) is 4.90 Å². The van der Waals surface area contributed by atoms with E-state index in [2.05, 4.69) is 0 Å². The Hall–Kier alpha value is -1.99. The monoisotopic (exact) mass is 380 g/mol. The second-order valence-corrected chi connectivity index (χ2v) is 8.48. The molecule has 1 saturated heterocycles. The van der Waals surface area contributed by atoms with Gasteiger partial charge in [-0.05, 0) is 30.5 Å². The average molecular weight is 380 g/mol. The van der Waals surface area contributed by atoms with E-state index in [0.717, 1.165) is 18.1 Å². The van der Waals surface area contributed by atoms with Crippen molar-refractivity contribution in [3.63, 3.8) is 0 Å². The largest absolute Gasteiger partial charge is 0.367 e. The minimum Gasteiger partial charge on any atom is -0.367 e. The number of hydrogen-bond acceptors (Lipinski definition) is 3. The third kappa shape index (κ3) is 4.59. The summed E-state index contributed by atoms with van der Waals surface area (Å²) in [6, 6.07) is 13.3. The SMILES string of the molecule is O=S(=O)(CCCc1ccccc1)N1CCN(c2ccc(F)cc2F)CC1. The molecule has 2 aromatic carbocycles. The summed E-state index contributed by atoms with van der Waals surface area (Å²) in [6.07, 6.45) is 1.29. The molecule has 3 rings (SSSR count). The van der Waals surface area contributed by atoms with Crippen molar-refractivity contribution in [3.05, 3.63) is 65.7 Å². The third-order valence-corrected chi connectivity index (χ3v) is 6.55. The zero-order valence-corrected chi connectivity index (χ0v) is 15.3. The van der Waals surface area contributed by atoms with Gasteiger partial charge in [0.1, 0.15) is 11.6 Å². The lowest BCUT2D eigenvalue weighted by Crippen LogP contribution is -2.49. The standard InChI is InChI=1S/C19H22F2N2O2S/c20-17-8-9-19(18(21)15-17)22-10-12-23(13-11-22)26(24,25)14-4-7-16-5-2-1-3-6-16/h1-3,5-6,8-9,15H,4,7,10-14H2. The number of halogens is 2. The number of sulfonamides is 1. The van der Waals surface area contributed by atoms with E-state index in [0.29, 0.717) is 38.3 Å². The molecule has 1 aliphatic heterocycles. The lowest BCUT2D eigenvalue weighted by molar-refractivity contribution is 0.382. The molecule has 1 heterocycles. The maximum atomic E-state index is 13.9. The Kier molecular flexibility index (Phi) is 5.88.